The molecule has 1 aromatic heterocycles. The van der Waals surface area contributed by atoms with Crippen molar-refractivity contribution in [3.63, 3.8) is 0 Å². The molecule has 5 nitrogen and oxygen atoms in total. The molecule has 1 amide bonds. The molecule has 1 atom stereocenters. The Balaban J connectivity index is 2.02. The van der Waals surface area contributed by atoms with Gasteiger partial charge >= 0.3 is 0 Å². The van der Waals surface area contributed by atoms with Gasteiger partial charge in [-0.1, -0.05) is 26.0 Å². The fraction of sp³-hybridized carbons (Fsp3) is 0.364. The van der Waals surface area contributed by atoms with Crippen molar-refractivity contribution in [2.75, 3.05) is 10.2 Å². The van der Waals surface area contributed by atoms with Crippen molar-refractivity contribution in [2.45, 2.75) is 39.7 Å². The molecule has 5 heteroatoms. The number of hydrogen-bond donors (Lipinski definition) is 1. The average Bonchev–Trinajstić information content (AvgIpc) is 2.92. The molecule has 0 saturated carbocycles. The number of benzene rings is 1. The first-order valence-electron chi connectivity index (χ1n) is 9.32. The van der Waals surface area contributed by atoms with Gasteiger partial charge in [0.15, 0.2) is 5.78 Å². The minimum atomic E-state index is -0.433. The summed E-state index contributed by atoms with van der Waals surface area (Å²) in [6.45, 7) is 5.80. The van der Waals surface area contributed by atoms with Gasteiger partial charge in [-0.05, 0) is 36.1 Å². The molecule has 0 radical (unpaired) electrons. The van der Waals surface area contributed by atoms with Crippen LogP contribution in [0.2, 0.25) is 0 Å². The van der Waals surface area contributed by atoms with Crippen LogP contribution < -0.4 is 10.2 Å². The fourth-order valence-corrected chi connectivity index (χ4v) is 4.37. The van der Waals surface area contributed by atoms with Gasteiger partial charge in [-0.25, -0.2) is 0 Å². The predicted octanol–water partition coefficient (Wildman–Crippen LogP) is 4.19. The Kier molecular flexibility index (Phi) is 3.98. The minimum absolute atomic E-state index is 0.0816. The summed E-state index contributed by atoms with van der Waals surface area (Å²) < 4.78 is 1.99. The molecule has 2 heterocycles. The molecule has 140 valence electrons. The highest BCUT2D eigenvalue weighted by atomic mass is 16.2. The van der Waals surface area contributed by atoms with Crippen molar-refractivity contribution in [3.05, 3.63) is 59.6 Å². The second-order valence-electron chi connectivity index (χ2n) is 8.31. The number of hydrogen-bond acceptors (Lipinski definition) is 3. The molecule has 27 heavy (non-hydrogen) atoms. The third kappa shape index (κ3) is 2.87. The molecule has 1 N–H and O–H groups in total. The molecule has 4 rings (SSSR count). The Bertz CT molecular complexity index is 967. The summed E-state index contributed by atoms with van der Waals surface area (Å²) in [6.07, 6.45) is 3.21. The van der Waals surface area contributed by atoms with Gasteiger partial charge in [0.05, 0.1) is 11.4 Å². The van der Waals surface area contributed by atoms with Gasteiger partial charge in [-0.15, -0.1) is 0 Å². The summed E-state index contributed by atoms with van der Waals surface area (Å²) in [5.41, 5.74) is 4.13. The Morgan fingerprint density at radius 2 is 1.89 bits per heavy atom. The molecule has 1 aliphatic carbocycles. The maximum Gasteiger partial charge on any atom is 0.224 e. The summed E-state index contributed by atoms with van der Waals surface area (Å²) in [4.78, 5) is 27.8. The van der Waals surface area contributed by atoms with E-state index < -0.39 is 6.04 Å². The Morgan fingerprint density at radius 3 is 2.56 bits per heavy atom. The van der Waals surface area contributed by atoms with Crippen LogP contribution in [-0.4, -0.2) is 16.3 Å². The van der Waals surface area contributed by atoms with E-state index in [1.807, 2.05) is 54.2 Å². The number of nitrogens with one attached hydrogen (secondary N) is 1. The van der Waals surface area contributed by atoms with E-state index in [1.54, 1.807) is 11.8 Å². The molecule has 0 unspecified atom stereocenters. The van der Waals surface area contributed by atoms with Crippen molar-refractivity contribution in [1.29, 1.82) is 0 Å². The first-order chi connectivity index (χ1) is 12.8. The summed E-state index contributed by atoms with van der Waals surface area (Å²) in [5, 5.41) is 3.50. The van der Waals surface area contributed by atoms with Crippen LogP contribution in [-0.2, 0) is 16.6 Å². The number of aryl methyl sites for hydroxylation is 1. The molecule has 0 fully saturated rings. The highest BCUT2D eigenvalue weighted by Gasteiger charge is 2.43. The summed E-state index contributed by atoms with van der Waals surface area (Å²) in [6, 6.07) is 11.3. The SMILES string of the molecule is CC(=O)N1c2ccccc2NC2=C(C(=O)CC(C)(C)C2)[C@@H]1c1cccn1C. The van der Waals surface area contributed by atoms with Crippen molar-refractivity contribution in [1.82, 2.24) is 4.57 Å². The second-order valence-corrected chi connectivity index (χ2v) is 8.31. The lowest BCUT2D eigenvalue weighted by molar-refractivity contribution is -0.118. The summed E-state index contributed by atoms with van der Waals surface area (Å²) >= 11 is 0. The molecule has 1 aromatic carbocycles. The van der Waals surface area contributed by atoms with Crippen LogP contribution in [0, 0.1) is 5.41 Å². The Morgan fingerprint density at radius 1 is 1.15 bits per heavy atom. The smallest absolute Gasteiger partial charge is 0.224 e. The highest BCUT2D eigenvalue weighted by molar-refractivity contribution is 6.05. The minimum Gasteiger partial charge on any atom is -0.357 e. The van der Waals surface area contributed by atoms with Gasteiger partial charge in [0.2, 0.25) is 5.91 Å². The largest absolute Gasteiger partial charge is 0.357 e. The van der Waals surface area contributed by atoms with E-state index in [-0.39, 0.29) is 17.1 Å². The van der Waals surface area contributed by atoms with Gasteiger partial charge in [0.25, 0.3) is 0 Å². The number of allylic oxidation sites excluding steroid dienone is 1. The zero-order valence-electron chi connectivity index (χ0n) is 16.2. The quantitative estimate of drug-likeness (QED) is 0.827. The topological polar surface area (TPSA) is 54.3 Å². The number of anilines is 2. The lowest BCUT2D eigenvalue weighted by Crippen LogP contribution is -2.39. The Hall–Kier alpha value is -2.82. The summed E-state index contributed by atoms with van der Waals surface area (Å²) in [7, 11) is 1.95. The number of ketones is 1. The number of carbonyl (C=O) groups is 2. The number of fused-ring (bicyclic) bond motifs is 1. The van der Waals surface area contributed by atoms with E-state index in [0.29, 0.717) is 12.0 Å². The van der Waals surface area contributed by atoms with Crippen LogP contribution in [0.25, 0.3) is 0 Å². The number of Topliss-reactive ketones (excluding diaryl/α,β-unsaturated/α-hetero) is 1. The second kappa shape index (κ2) is 6.12. The number of amides is 1. The van der Waals surface area contributed by atoms with Crippen LogP contribution in [0.15, 0.2) is 53.9 Å². The number of carbonyl (C=O) groups excluding carboxylic acids is 2. The van der Waals surface area contributed by atoms with E-state index in [1.165, 1.54) is 0 Å². The van der Waals surface area contributed by atoms with E-state index >= 15 is 0 Å². The van der Waals surface area contributed by atoms with E-state index in [2.05, 4.69) is 19.2 Å². The molecule has 1 aliphatic heterocycles. The number of nitrogens with zero attached hydrogens (tertiary/aromatic N) is 2. The molecule has 0 spiro atoms. The molecular formula is C22H25N3O2. The van der Waals surface area contributed by atoms with E-state index in [9.17, 15) is 9.59 Å². The van der Waals surface area contributed by atoms with E-state index in [0.717, 1.165) is 29.2 Å². The highest BCUT2D eigenvalue weighted by Crippen LogP contribution is 2.48. The van der Waals surface area contributed by atoms with Crippen molar-refractivity contribution in [3.8, 4) is 0 Å². The zero-order valence-corrected chi connectivity index (χ0v) is 16.2. The maximum atomic E-state index is 13.3. The third-order valence-electron chi connectivity index (χ3n) is 5.50. The predicted molar refractivity (Wildman–Crippen MR) is 106 cm³/mol. The zero-order chi connectivity index (χ0) is 19.3. The fourth-order valence-electron chi connectivity index (χ4n) is 4.37. The first kappa shape index (κ1) is 17.6. The number of aromatic nitrogens is 1. The van der Waals surface area contributed by atoms with Gasteiger partial charge in [0.1, 0.15) is 6.04 Å². The average molecular weight is 363 g/mol. The molecule has 0 saturated heterocycles. The lowest BCUT2D eigenvalue weighted by Gasteiger charge is -2.36. The maximum absolute atomic E-state index is 13.3. The van der Waals surface area contributed by atoms with Crippen molar-refractivity contribution in [2.24, 2.45) is 12.5 Å². The molecule has 2 aromatic rings. The van der Waals surface area contributed by atoms with Crippen LogP contribution in [0.4, 0.5) is 11.4 Å². The van der Waals surface area contributed by atoms with Crippen LogP contribution in [0.3, 0.4) is 0 Å². The molecule has 0 bridgehead atoms. The number of rotatable bonds is 1. The van der Waals surface area contributed by atoms with Crippen LogP contribution >= 0.6 is 0 Å². The normalized spacial score (nSPS) is 21.3. The van der Waals surface area contributed by atoms with Crippen molar-refractivity contribution >= 4 is 23.1 Å². The molecule has 2 aliphatic rings. The lowest BCUT2D eigenvalue weighted by atomic mass is 9.73. The van der Waals surface area contributed by atoms with Gasteiger partial charge in [0, 0.05) is 43.6 Å². The molecular weight excluding hydrogens is 338 g/mol. The Labute approximate surface area is 159 Å². The summed E-state index contributed by atoms with van der Waals surface area (Å²) in [5.74, 6) is 0.0286. The third-order valence-corrected chi connectivity index (χ3v) is 5.50. The van der Waals surface area contributed by atoms with Crippen LogP contribution in [0.1, 0.15) is 45.3 Å². The van der Waals surface area contributed by atoms with Gasteiger partial charge in [-0.2, -0.15) is 0 Å². The van der Waals surface area contributed by atoms with E-state index in [4.69, 9.17) is 0 Å². The van der Waals surface area contributed by atoms with Gasteiger partial charge in [-0.3, -0.25) is 14.5 Å². The number of para-hydroxylation sites is 2. The standard InChI is InChI=1S/C22H25N3O2/c1-14(26)25-17-9-6-5-8-15(17)23-16-12-22(2,3)13-19(27)20(16)21(25)18-10-7-11-24(18)4/h5-11,21,23H,12-13H2,1-4H3/t21-/m0/s1. The van der Waals surface area contributed by atoms with Crippen LogP contribution in [0.5, 0.6) is 0 Å². The first-order valence-corrected chi connectivity index (χ1v) is 9.32. The van der Waals surface area contributed by atoms with Crippen molar-refractivity contribution < 1.29 is 9.59 Å². The van der Waals surface area contributed by atoms with Gasteiger partial charge < -0.3 is 9.88 Å². The monoisotopic (exact) mass is 363 g/mol.